The summed E-state index contributed by atoms with van der Waals surface area (Å²) in [5, 5.41) is 12.1. The monoisotopic (exact) mass is 222 g/mol. The average Bonchev–Trinajstić information content (AvgIpc) is 2.21. The van der Waals surface area contributed by atoms with Crippen molar-refractivity contribution in [2.45, 2.75) is 32.7 Å². The molecule has 0 aliphatic rings. The summed E-state index contributed by atoms with van der Waals surface area (Å²) in [6.45, 7) is 3.66. The van der Waals surface area contributed by atoms with Gasteiger partial charge in [0, 0.05) is 18.2 Å². The second-order valence-corrected chi connectivity index (χ2v) is 4.07. The molecule has 1 unspecified atom stereocenters. The summed E-state index contributed by atoms with van der Waals surface area (Å²) in [5.41, 5.74) is 7.00. The van der Waals surface area contributed by atoms with Gasteiger partial charge in [-0.25, -0.2) is 0 Å². The summed E-state index contributed by atoms with van der Waals surface area (Å²) >= 11 is 0. The van der Waals surface area contributed by atoms with Gasteiger partial charge in [-0.3, -0.25) is 4.79 Å². The Labute approximate surface area is 95.5 Å². The highest BCUT2D eigenvalue weighted by atomic mass is 16.3. The van der Waals surface area contributed by atoms with Gasteiger partial charge >= 0.3 is 0 Å². The Morgan fingerprint density at radius 1 is 1.56 bits per heavy atom. The molecule has 4 nitrogen and oxygen atoms in total. The molecule has 0 aromatic heterocycles. The summed E-state index contributed by atoms with van der Waals surface area (Å²) in [7, 11) is 0. The lowest BCUT2D eigenvalue weighted by molar-refractivity contribution is -0.116. The van der Waals surface area contributed by atoms with Crippen LogP contribution >= 0.6 is 0 Å². The zero-order valence-electron chi connectivity index (χ0n) is 9.66. The molecule has 16 heavy (non-hydrogen) atoms. The highest BCUT2D eigenvalue weighted by Crippen LogP contribution is 2.20. The number of carbonyl (C=O) groups excluding carboxylic acids is 1. The van der Waals surface area contributed by atoms with E-state index in [1.807, 2.05) is 6.92 Å². The third-order valence-corrected chi connectivity index (χ3v) is 2.31. The summed E-state index contributed by atoms with van der Waals surface area (Å²) < 4.78 is 0. The number of phenolic OH excluding ortho intramolecular Hbond substituents is 1. The van der Waals surface area contributed by atoms with Gasteiger partial charge in [0.1, 0.15) is 5.75 Å². The molecule has 0 bridgehead atoms. The first-order chi connectivity index (χ1) is 7.49. The minimum Gasteiger partial charge on any atom is -0.508 e. The number of hydrogen-bond donors (Lipinski definition) is 3. The number of aryl methyl sites for hydroxylation is 1. The first kappa shape index (κ1) is 12.5. The summed E-state index contributed by atoms with van der Waals surface area (Å²) in [5.74, 6) is 0.177. The van der Waals surface area contributed by atoms with Crippen molar-refractivity contribution in [3.8, 4) is 5.75 Å². The summed E-state index contributed by atoms with van der Waals surface area (Å²) in [6.07, 6.45) is 1.08. The zero-order valence-corrected chi connectivity index (χ0v) is 9.66. The number of anilines is 1. The van der Waals surface area contributed by atoms with Gasteiger partial charge in [-0.15, -0.1) is 0 Å². The van der Waals surface area contributed by atoms with Crippen molar-refractivity contribution in [2.75, 3.05) is 5.32 Å². The maximum atomic E-state index is 11.5. The van der Waals surface area contributed by atoms with Gasteiger partial charge in [-0.1, -0.05) is 0 Å². The standard InChI is InChI=1S/C12H18N2O2/c1-8-7-10(4-5-11(8)15)14-12(16)6-3-9(2)13/h4-5,7,9,15H,3,6,13H2,1-2H3,(H,14,16). The quantitative estimate of drug-likeness (QED) is 0.679. The largest absolute Gasteiger partial charge is 0.508 e. The Balaban J connectivity index is 2.53. The molecule has 4 N–H and O–H groups in total. The van der Waals surface area contributed by atoms with Gasteiger partial charge in [-0.05, 0) is 44.0 Å². The van der Waals surface area contributed by atoms with Gasteiger partial charge in [0.15, 0.2) is 0 Å². The number of phenols is 1. The van der Waals surface area contributed by atoms with Crippen LogP contribution in [0, 0.1) is 6.92 Å². The molecule has 1 amide bonds. The SMILES string of the molecule is Cc1cc(NC(=O)CCC(C)N)ccc1O. The molecule has 0 saturated carbocycles. The maximum Gasteiger partial charge on any atom is 0.224 e. The molecule has 0 radical (unpaired) electrons. The van der Waals surface area contributed by atoms with Crippen molar-refractivity contribution >= 4 is 11.6 Å². The number of benzene rings is 1. The van der Waals surface area contributed by atoms with Crippen LogP contribution in [0.4, 0.5) is 5.69 Å². The van der Waals surface area contributed by atoms with Crippen molar-refractivity contribution in [3.05, 3.63) is 23.8 Å². The van der Waals surface area contributed by atoms with Gasteiger partial charge in [-0.2, -0.15) is 0 Å². The molecule has 88 valence electrons. The number of aromatic hydroxyl groups is 1. The molecule has 4 heteroatoms. The van der Waals surface area contributed by atoms with Gasteiger partial charge in [0.2, 0.25) is 5.91 Å². The molecule has 0 aliphatic heterocycles. The van der Waals surface area contributed by atoms with Gasteiger partial charge < -0.3 is 16.2 Å². The van der Waals surface area contributed by atoms with Crippen molar-refractivity contribution in [3.63, 3.8) is 0 Å². The van der Waals surface area contributed by atoms with Crippen LogP contribution in [0.5, 0.6) is 5.75 Å². The van der Waals surface area contributed by atoms with Crippen LogP contribution in [0.25, 0.3) is 0 Å². The predicted octanol–water partition coefficient (Wildman–Crippen LogP) is 1.77. The molecule has 1 aromatic carbocycles. The predicted molar refractivity (Wildman–Crippen MR) is 64.4 cm³/mol. The molecular formula is C12H18N2O2. The van der Waals surface area contributed by atoms with Crippen molar-refractivity contribution in [1.29, 1.82) is 0 Å². The fourth-order valence-electron chi connectivity index (χ4n) is 1.32. The van der Waals surface area contributed by atoms with Crippen LogP contribution in [-0.4, -0.2) is 17.1 Å². The summed E-state index contributed by atoms with van der Waals surface area (Å²) in [4.78, 5) is 11.5. The van der Waals surface area contributed by atoms with Crippen LogP contribution in [-0.2, 0) is 4.79 Å². The smallest absolute Gasteiger partial charge is 0.224 e. The van der Waals surface area contributed by atoms with Gasteiger partial charge in [0.05, 0.1) is 0 Å². The Morgan fingerprint density at radius 2 is 2.25 bits per heavy atom. The van der Waals surface area contributed by atoms with E-state index in [1.54, 1.807) is 25.1 Å². The summed E-state index contributed by atoms with van der Waals surface area (Å²) in [6, 6.07) is 5.01. The number of hydrogen-bond acceptors (Lipinski definition) is 3. The molecule has 0 saturated heterocycles. The molecule has 0 fully saturated rings. The number of carbonyl (C=O) groups is 1. The van der Waals surface area contributed by atoms with E-state index in [9.17, 15) is 9.90 Å². The molecule has 1 aromatic rings. The van der Waals surface area contributed by atoms with E-state index in [1.165, 1.54) is 0 Å². The van der Waals surface area contributed by atoms with Crippen molar-refractivity contribution in [1.82, 2.24) is 0 Å². The van der Waals surface area contributed by atoms with Gasteiger partial charge in [0.25, 0.3) is 0 Å². The van der Waals surface area contributed by atoms with Crippen molar-refractivity contribution in [2.24, 2.45) is 5.73 Å². The minimum atomic E-state index is -0.0533. The Kier molecular flexibility index (Phi) is 4.31. The Bertz CT molecular complexity index is 375. The lowest BCUT2D eigenvalue weighted by atomic mass is 10.1. The van der Waals surface area contributed by atoms with E-state index in [4.69, 9.17) is 5.73 Å². The van der Waals surface area contributed by atoms with Crippen LogP contribution in [0.3, 0.4) is 0 Å². The lowest BCUT2D eigenvalue weighted by Crippen LogP contribution is -2.19. The third-order valence-electron chi connectivity index (χ3n) is 2.31. The van der Waals surface area contributed by atoms with Crippen LogP contribution < -0.4 is 11.1 Å². The highest BCUT2D eigenvalue weighted by molar-refractivity contribution is 5.90. The third kappa shape index (κ3) is 3.90. The lowest BCUT2D eigenvalue weighted by Gasteiger charge is -2.08. The second kappa shape index (κ2) is 5.51. The number of amides is 1. The molecule has 0 spiro atoms. The van der Waals surface area contributed by atoms with Crippen molar-refractivity contribution < 1.29 is 9.90 Å². The van der Waals surface area contributed by atoms with Crippen LogP contribution in [0.15, 0.2) is 18.2 Å². The average molecular weight is 222 g/mol. The number of nitrogens with two attached hydrogens (primary N) is 1. The number of nitrogens with one attached hydrogen (secondary N) is 1. The maximum absolute atomic E-state index is 11.5. The Hall–Kier alpha value is -1.55. The van der Waals surface area contributed by atoms with E-state index in [0.717, 1.165) is 5.56 Å². The van der Waals surface area contributed by atoms with E-state index < -0.39 is 0 Å². The van der Waals surface area contributed by atoms with Crippen LogP contribution in [0.2, 0.25) is 0 Å². The molecular weight excluding hydrogens is 204 g/mol. The number of rotatable bonds is 4. The molecule has 1 rings (SSSR count). The van der Waals surface area contributed by atoms with Crippen LogP contribution in [0.1, 0.15) is 25.3 Å². The fourth-order valence-corrected chi connectivity index (χ4v) is 1.32. The molecule has 1 atom stereocenters. The van der Waals surface area contributed by atoms with E-state index >= 15 is 0 Å². The molecule has 0 heterocycles. The van der Waals surface area contributed by atoms with E-state index in [2.05, 4.69) is 5.32 Å². The molecule has 0 aliphatic carbocycles. The highest BCUT2D eigenvalue weighted by Gasteiger charge is 2.05. The zero-order chi connectivity index (χ0) is 12.1. The van der Waals surface area contributed by atoms with E-state index in [0.29, 0.717) is 18.5 Å². The second-order valence-electron chi connectivity index (χ2n) is 4.07. The van der Waals surface area contributed by atoms with E-state index in [-0.39, 0.29) is 17.7 Å². The minimum absolute atomic E-state index is 0.0345. The first-order valence-electron chi connectivity index (χ1n) is 5.34. The Morgan fingerprint density at radius 3 is 2.81 bits per heavy atom. The first-order valence-corrected chi connectivity index (χ1v) is 5.34. The fraction of sp³-hybridized carbons (Fsp3) is 0.417. The normalized spacial score (nSPS) is 12.2. The topological polar surface area (TPSA) is 75.4 Å².